The first kappa shape index (κ1) is 18.2. The molecule has 1 fully saturated rings. The van der Waals surface area contributed by atoms with Gasteiger partial charge >= 0.3 is 0 Å². The Morgan fingerprint density at radius 2 is 1.93 bits per heavy atom. The Hall–Kier alpha value is -3.22. The third-order valence-electron chi connectivity index (χ3n) is 4.98. The van der Waals surface area contributed by atoms with Gasteiger partial charge in [-0.3, -0.25) is 14.4 Å². The Labute approximate surface area is 161 Å². The largest absolute Gasteiger partial charge is 0.351 e. The summed E-state index contributed by atoms with van der Waals surface area (Å²) in [5.74, 6) is -1.60. The van der Waals surface area contributed by atoms with Crippen molar-refractivity contribution in [2.45, 2.75) is 31.7 Å². The SMILES string of the molecule is O=C1CC(C(=O)NCc2cccc(NC(=O)C3CC3)c2)c2ccc(F)cc2N1. The number of halogens is 1. The number of amides is 3. The van der Waals surface area contributed by atoms with Crippen molar-refractivity contribution in [3.8, 4) is 0 Å². The molecule has 0 bridgehead atoms. The van der Waals surface area contributed by atoms with Gasteiger partial charge in [-0.05, 0) is 48.2 Å². The highest BCUT2D eigenvalue weighted by Crippen LogP contribution is 2.33. The Balaban J connectivity index is 1.42. The van der Waals surface area contributed by atoms with E-state index in [1.54, 1.807) is 0 Å². The molecule has 2 aliphatic rings. The second kappa shape index (κ2) is 7.42. The smallest absolute Gasteiger partial charge is 0.228 e. The Bertz CT molecular complexity index is 956. The minimum atomic E-state index is -0.665. The Kier molecular flexibility index (Phi) is 4.81. The average molecular weight is 381 g/mol. The predicted octanol–water partition coefficient (Wildman–Crippen LogP) is 2.92. The number of benzene rings is 2. The quantitative estimate of drug-likeness (QED) is 0.744. The zero-order valence-electron chi connectivity index (χ0n) is 15.1. The molecule has 28 heavy (non-hydrogen) atoms. The fourth-order valence-corrected chi connectivity index (χ4v) is 3.33. The molecule has 0 radical (unpaired) electrons. The number of nitrogens with one attached hydrogen (secondary N) is 3. The second-order valence-electron chi connectivity index (χ2n) is 7.22. The molecule has 3 amide bonds. The van der Waals surface area contributed by atoms with Gasteiger partial charge in [-0.25, -0.2) is 4.39 Å². The van der Waals surface area contributed by atoms with Crippen LogP contribution in [0.15, 0.2) is 42.5 Å². The lowest BCUT2D eigenvalue weighted by Gasteiger charge is -2.25. The molecule has 7 heteroatoms. The fraction of sp³-hybridized carbons (Fsp3) is 0.286. The van der Waals surface area contributed by atoms with Crippen molar-refractivity contribution in [3.63, 3.8) is 0 Å². The highest BCUT2D eigenvalue weighted by atomic mass is 19.1. The zero-order chi connectivity index (χ0) is 19.7. The number of fused-ring (bicyclic) bond motifs is 1. The normalized spacial score (nSPS) is 18.0. The van der Waals surface area contributed by atoms with Crippen molar-refractivity contribution in [2.24, 2.45) is 5.92 Å². The Morgan fingerprint density at radius 1 is 1.11 bits per heavy atom. The van der Waals surface area contributed by atoms with E-state index in [4.69, 9.17) is 0 Å². The third-order valence-corrected chi connectivity index (χ3v) is 4.98. The first-order valence-electron chi connectivity index (χ1n) is 9.26. The van der Waals surface area contributed by atoms with E-state index in [9.17, 15) is 18.8 Å². The van der Waals surface area contributed by atoms with E-state index in [2.05, 4.69) is 16.0 Å². The van der Waals surface area contributed by atoms with Crippen LogP contribution >= 0.6 is 0 Å². The summed E-state index contributed by atoms with van der Waals surface area (Å²) < 4.78 is 13.4. The van der Waals surface area contributed by atoms with Crippen LogP contribution in [0, 0.1) is 11.7 Å². The van der Waals surface area contributed by atoms with Crippen LogP contribution in [0.1, 0.15) is 36.3 Å². The van der Waals surface area contributed by atoms with Crippen LogP contribution in [0.25, 0.3) is 0 Å². The summed E-state index contributed by atoms with van der Waals surface area (Å²) in [7, 11) is 0. The van der Waals surface area contributed by atoms with Gasteiger partial charge < -0.3 is 16.0 Å². The monoisotopic (exact) mass is 381 g/mol. The molecule has 0 aromatic heterocycles. The van der Waals surface area contributed by atoms with Gasteiger partial charge in [0.1, 0.15) is 5.82 Å². The lowest BCUT2D eigenvalue weighted by Crippen LogP contribution is -2.34. The topological polar surface area (TPSA) is 87.3 Å². The number of hydrogen-bond donors (Lipinski definition) is 3. The van der Waals surface area contributed by atoms with Crippen molar-refractivity contribution >= 4 is 29.1 Å². The molecule has 1 unspecified atom stereocenters. The van der Waals surface area contributed by atoms with Crippen LogP contribution in [0.4, 0.5) is 15.8 Å². The van der Waals surface area contributed by atoms with Crippen LogP contribution in [0.2, 0.25) is 0 Å². The minimum absolute atomic E-state index is 0.0158. The molecule has 1 heterocycles. The molecule has 3 N–H and O–H groups in total. The molecule has 0 saturated heterocycles. The van der Waals surface area contributed by atoms with Crippen LogP contribution in [-0.4, -0.2) is 17.7 Å². The lowest BCUT2D eigenvalue weighted by molar-refractivity contribution is -0.126. The summed E-state index contributed by atoms with van der Waals surface area (Å²) in [5.41, 5.74) is 2.47. The van der Waals surface area contributed by atoms with Gasteiger partial charge in [-0.15, -0.1) is 0 Å². The zero-order valence-corrected chi connectivity index (χ0v) is 15.1. The summed E-state index contributed by atoms with van der Waals surface area (Å²) in [6, 6.07) is 11.3. The van der Waals surface area contributed by atoms with Gasteiger partial charge in [-0.2, -0.15) is 0 Å². The van der Waals surface area contributed by atoms with Crippen molar-refractivity contribution < 1.29 is 18.8 Å². The van der Waals surface area contributed by atoms with Crippen molar-refractivity contribution in [1.29, 1.82) is 0 Å². The fourth-order valence-electron chi connectivity index (χ4n) is 3.33. The van der Waals surface area contributed by atoms with E-state index < -0.39 is 11.7 Å². The molecular formula is C21H20FN3O3. The van der Waals surface area contributed by atoms with Crippen molar-refractivity contribution in [3.05, 3.63) is 59.4 Å². The second-order valence-corrected chi connectivity index (χ2v) is 7.22. The van der Waals surface area contributed by atoms with E-state index >= 15 is 0 Å². The standard InChI is InChI=1S/C21H20FN3O3/c22-14-6-7-16-17(10-19(26)25-18(16)9-14)21(28)23-11-12-2-1-3-15(8-12)24-20(27)13-4-5-13/h1-3,6-9,13,17H,4-5,10-11H2,(H,23,28)(H,24,27)(H,25,26). The minimum Gasteiger partial charge on any atom is -0.351 e. The summed E-state index contributed by atoms with van der Waals surface area (Å²) in [6.07, 6.45) is 1.88. The molecule has 0 spiro atoms. The van der Waals surface area contributed by atoms with Crippen molar-refractivity contribution in [2.75, 3.05) is 10.6 Å². The lowest BCUT2D eigenvalue weighted by atomic mass is 9.89. The van der Waals surface area contributed by atoms with E-state index in [0.29, 0.717) is 16.9 Å². The first-order valence-corrected chi connectivity index (χ1v) is 9.26. The highest BCUT2D eigenvalue weighted by molar-refractivity contribution is 6.01. The maximum Gasteiger partial charge on any atom is 0.228 e. The number of hydrogen-bond acceptors (Lipinski definition) is 3. The van der Waals surface area contributed by atoms with E-state index in [0.717, 1.165) is 18.4 Å². The number of carbonyl (C=O) groups is 3. The molecule has 1 saturated carbocycles. The number of carbonyl (C=O) groups excluding carboxylic acids is 3. The van der Waals surface area contributed by atoms with Gasteiger partial charge in [-0.1, -0.05) is 18.2 Å². The maximum atomic E-state index is 13.4. The van der Waals surface area contributed by atoms with Gasteiger partial charge in [0.2, 0.25) is 17.7 Å². The number of anilines is 2. The maximum absolute atomic E-state index is 13.4. The van der Waals surface area contributed by atoms with E-state index in [-0.39, 0.29) is 36.6 Å². The molecule has 2 aromatic rings. The van der Waals surface area contributed by atoms with Gasteiger partial charge in [0, 0.05) is 30.3 Å². The molecular weight excluding hydrogens is 361 g/mol. The predicted molar refractivity (Wildman–Crippen MR) is 102 cm³/mol. The van der Waals surface area contributed by atoms with Crippen LogP contribution < -0.4 is 16.0 Å². The highest BCUT2D eigenvalue weighted by Gasteiger charge is 2.31. The number of rotatable bonds is 5. The molecule has 144 valence electrons. The summed E-state index contributed by atoms with van der Waals surface area (Å²) in [6.45, 7) is 0.265. The average Bonchev–Trinajstić information content (AvgIpc) is 3.50. The van der Waals surface area contributed by atoms with Crippen LogP contribution in [0.3, 0.4) is 0 Å². The van der Waals surface area contributed by atoms with Gasteiger partial charge in [0.25, 0.3) is 0 Å². The molecule has 6 nitrogen and oxygen atoms in total. The van der Waals surface area contributed by atoms with Gasteiger partial charge in [0.15, 0.2) is 0 Å². The van der Waals surface area contributed by atoms with E-state index in [1.165, 1.54) is 18.2 Å². The first-order chi connectivity index (χ1) is 13.5. The van der Waals surface area contributed by atoms with Gasteiger partial charge in [0.05, 0.1) is 5.92 Å². The molecule has 1 aliphatic carbocycles. The van der Waals surface area contributed by atoms with Crippen LogP contribution in [-0.2, 0) is 20.9 Å². The summed E-state index contributed by atoms with van der Waals surface area (Å²) in [4.78, 5) is 36.4. The van der Waals surface area contributed by atoms with Crippen LogP contribution in [0.5, 0.6) is 0 Å². The molecule has 1 atom stereocenters. The van der Waals surface area contributed by atoms with Crippen molar-refractivity contribution in [1.82, 2.24) is 5.32 Å². The molecule has 2 aromatic carbocycles. The molecule has 1 aliphatic heterocycles. The summed E-state index contributed by atoms with van der Waals surface area (Å²) >= 11 is 0. The van der Waals surface area contributed by atoms with E-state index in [1.807, 2.05) is 24.3 Å². The Morgan fingerprint density at radius 3 is 2.71 bits per heavy atom. The summed E-state index contributed by atoms with van der Waals surface area (Å²) in [5, 5.41) is 8.31. The molecule has 4 rings (SSSR count). The third kappa shape index (κ3) is 4.03.